The van der Waals surface area contributed by atoms with Crippen LogP contribution < -0.4 is 10.1 Å². The number of benzene rings is 1. The summed E-state index contributed by atoms with van der Waals surface area (Å²) in [4.78, 5) is 4.52. The van der Waals surface area contributed by atoms with E-state index in [-0.39, 0.29) is 12.0 Å². The average Bonchev–Trinajstić information content (AvgIpc) is 3.01. The topological polar surface area (TPSA) is 60.2 Å². The van der Waals surface area contributed by atoms with Crippen molar-refractivity contribution in [2.45, 2.75) is 39.2 Å². The van der Waals surface area contributed by atoms with E-state index in [0.29, 0.717) is 11.7 Å². The SMILES string of the molecule is CCCNC(C)C(C)c1nc(-c2ccccc2OC)no1. The lowest BCUT2D eigenvalue weighted by Crippen LogP contribution is -2.31. The number of hydrogen-bond acceptors (Lipinski definition) is 5. The Morgan fingerprint density at radius 3 is 2.76 bits per heavy atom. The number of para-hydroxylation sites is 1. The minimum Gasteiger partial charge on any atom is -0.496 e. The molecule has 1 aromatic carbocycles. The van der Waals surface area contributed by atoms with Crippen LogP contribution in [0.15, 0.2) is 28.8 Å². The summed E-state index contributed by atoms with van der Waals surface area (Å²) < 4.78 is 10.8. The highest BCUT2D eigenvalue weighted by Crippen LogP contribution is 2.28. The van der Waals surface area contributed by atoms with Gasteiger partial charge in [0.25, 0.3) is 0 Å². The lowest BCUT2D eigenvalue weighted by molar-refractivity contribution is 0.331. The van der Waals surface area contributed by atoms with E-state index in [1.807, 2.05) is 24.3 Å². The van der Waals surface area contributed by atoms with Crippen molar-refractivity contribution in [3.63, 3.8) is 0 Å². The summed E-state index contributed by atoms with van der Waals surface area (Å²) in [5.41, 5.74) is 0.844. The van der Waals surface area contributed by atoms with Gasteiger partial charge in [-0.3, -0.25) is 0 Å². The molecule has 0 amide bonds. The normalized spacial score (nSPS) is 13.9. The van der Waals surface area contributed by atoms with Crippen molar-refractivity contribution in [3.05, 3.63) is 30.2 Å². The minimum atomic E-state index is 0.160. The van der Waals surface area contributed by atoms with E-state index in [2.05, 4.69) is 36.2 Å². The molecule has 0 radical (unpaired) electrons. The maximum atomic E-state index is 5.42. The molecule has 2 atom stereocenters. The maximum Gasteiger partial charge on any atom is 0.231 e. The molecule has 2 aromatic rings. The Morgan fingerprint density at radius 1 is 1.29 bits per heavy atom. The summed E-state index contributed by atoms with van der Waals surface area (Å²) in [5, 5.41) is 7.53. The first-order valence-corrected chi connectivity index (χ1v) is 7.37. The third-order valence-electron chi connectivity index (χ3n) is 3.65. The molecule has 0 aliphatic rings. The molecule has 0 saturated carbocycles. The van der Waals surface area contributed by atoms with Crippen LogP contribution in [-0.4, -0.2) is 29.8 Å². The van der Waals surface area contributed by atoms with Crippen molar-refractivity contribution in [2.24, 2.45) is 0 Å². The number of nitrogens with one attached hydrogen (secondary N) is 1. The van der Waals surface area contributed by atoms with Gasteiger partial charge in [0, 0.05) is 6.04 Å². The van der Waals surface area contributed by atoms with E-state index in [0.717, 1.165) is 24.3 Å². The second-order valence-corrected chi connectivity index (χ2v) is 5.19. The van der Waals surface area contributed by atoms with Crippen LogP contribution in [-0.2, 0) is 0 Å². The summed E-state index contributed by atoms with van der Waals surface area (Å²) in [5.74, 6) is 2.12. The molecule has 1 aromatic heterocycles. The van der Waals surface area contributed by atoms with E-state index < -0.39 is 0 Å². The number of rotatable bonds is 7. The molecule has 0 bridgehead atoms. The van der Waals surface area contributed by atoms with E-state index in [9.17, 15) is 0 Å². The van der Waals surface area contributed by atoms with Crippen LogP contribution in [0, 0.1) is 0 Å². The van der Waals surface area contributed by atoms with Crippen LogP contribution in [0.5, 0.6) is 5.75 Å². The van der Waals surface area contributed by atoms with Crippen LogP contribution >= 0.6 is 0 Å². The maximum absolute atomic E-state index is 5.42. The average molecular weight is 289 g/mol. The van der Waals surface area contributed by atoms with Gasteiger partial charge in [-0.15, -0.1) is 0 Å². The monoisotopic (exact) mass is 289 g/mol. The summed E-state index contributed by atoms with van der Waals surface area (Å²) >= 11 is 0. The Kier molecular flexibility index (Phi) is 5.33. The summed E-state index contributed by atoms with van der Waals surface area (Å²) in [7, 11) is 1.64. The predicted molar refractivity (Wildman–Crippen MR) is 82.5 cm³/mol. The molecule has 2 unspecified atom stereocenters. The van der Waals surface area contributed by atoms with Gasteiger partial charge < -0.3 is 14.6 Å². The molecule has 0 fully saturated rings. The second-order valence-electron chi connectivity index (χ2n) is 5.19. The van der Waals surface area contributed by atoms with Crippen molar-refractivity contribution in [3.8, 4) is 17.1 Å². The van der Waals surface area contributed by atoms with E-state index in [1.54, 1.807) is 7.11 Å². The summed E-state index contributed by atoms with van der Waals surface area (Å²) in [6.07, 6.45) is 1.10. The Balaban J connectivity index is 2.17. The number of nitrogens with zero attached hydrogens (tertiary/aromatic N) is 2. The fourth-order valence-electron chi connectivity index (χ4n) is 2.12. The van der Waals surface area contributed by atoms with Crippen molar-refractivity contribution in [1.82, 2.24) is 15.5 Å². The quantitative estimate of drug-likeness (QED) is 0.848. The van der Waals surface area contributed by atoms with Crippen LogP contribution in [0.2, 0.25) is 0 Å². The Hall–Kier alpha value is -1.88. The van der Waals surface area contributed by atoms with Gasteiger partial charge in [-0.2, -0.15) is 4.98 Å². The fraction of sp³-hybridized carbons (Fsp3) is 0.500. The number of aromatic nitrogens is 2. The Morgan fingerprint density at radius 2 is 2.05 bits per heavy atom. The first-order chi connectivity index (χ1) is 10.2. The zero-order chi connectivity index (χ0) is 15.2. The molecule has 1 N–H and O–H groups in total. The lowest BCUT2D eigenvalue weighted by atomic mass is 10.0. The van der Waals surface area contributed by atoms with Crippen LogP contribution in [0.1, 0.15) is 39.0 Å². The molecule has 5 nitrogen and oxygen atoms in total. The van der Waals surface area contributed by atoms with Crippen molar-refractivity contribution in [1.29, 1.82) is 0 Å². The van der Waals surface area contributed by atoms with Gasteiger partial charge in [-0.25, -0.2) is 0 Å². The number of hydrogen-bond donors (Lipinski definition) is 1. The highest BCUT2D eigenvalue weighted by molar-refractivity contribution is 5.63. The zero-order valence-electron chi connectivity index (χ0n) is 13.1. The molecular formula is C16H23N3O2. The van der Waals surface area contributed by atoms with Gasteiger partial charge in [0.05, 0.1) is 18.6 Å². The molecule has 0 aliphatic carbocycles. The largest absolute Gasteiger partial charge is 0.496 e. The van der Waals surface area contributed by atoms with Gasteiger partial charge in [0.1, 0.15) is 5.75 Å². The van der Waals surface area contributed by atoms with Gasteiger partial charge in [-0.05, 0) is 32.0 Å². The van der Waals surface area contributed by atoms with E-state index in [4.69, 9.17) is 9.26 Å². The standard InChI is InChI=1S/C16H23N3O2/c1-5-10-17-12(3)11(2)16-18-15(19-21-16)13-8-6-7-9-14(13)20-4/h6-9,11-12,17H,5,10H2,1-4H3. The zero-order valence-corrected chi connectivity index (χ0v) is 13.1. The summed E-state index contributed by atoms with van der Waals surface area (Å²) in [6.45, 7) is 7.36. The Bertz CT molecular complexity index is 568. The van der Waals surface area contributed by atoms with Gasteiger partial charge >= 0.3 is 0 Å². The molecule has 0 saturated heterocycles. The molecular weight excluding hydrogens is 266 g/mol. The van der Waals surface area contributed by atoms with Crippen LogP contribution in [0.4, 0.5) is 0 Å². The van der Waals surface area contributed by atoms with Gasteiger partial charge in [0.15, 0.2) is 0 Å². The minimum absolute atomic E-state index is 0.160. The molecule has 0 aliphatic heterocycles. The molecule has 1 heterocycles. The highest BCUT2D eigenvalue weighted by Gasteiger charge is 2.21. The second kappa shape index (κ2) is 7.22. The smallest absolute Gasteiger partial charge is 0.231 e. The molecule has 5 heteroatoms. The molecule has 21 heavy (non-hydrogen) atoms. The third-order valence-corrected chi connectivity index (χ3v) is 3.65. The highest BCUT2D eigenvalue weighted by atomic mass is 16.5. The molecule has 2 rings (SSSR count). The first kappa shape index (κ1) is 15.5. The van der Waals surface area contributed by atoms with Crippen molar-refractivity contribution in [2.75, 3.05) is 13.7 Å². The van der Waals surface area contributed by atoms with Crippen LogP contribution in [0.3, 0.4) is 0 Å². The predicted octanol–water partition coefficient (Wildman–Crippen LogP) is 3.24. The fourth-order valence-corrected chi connectivity index (χ4v) is 2.12. The van der Waals surface area contributed by atoms with Gasteiger partial charge in [-0.1, -0.05) is 31.1 Å². The van der Waals surface area contributed by atoms with Crippen molar-refractivity contribution < 1.29 is 9.26 Å². The molecule has 114 valence electrons. The third kappa shape index (κ3) is 3.61. The Labute approximate surface area is 125 Å². The summed E-state index contributed by atoms with van der Waals surface area (Å²) in [6, 6.07) is 7.96. The first-order valence-electron chi connectivity index (χ1n) is 7.37. The lowest BCUT2D eigenvalue weighted by Gasteiger charge is -2.17. The van der Waals surface area contributed by atoms with Gasteiger partial charge in [0.2, 0.25) is 11.7 Å². The number of ether oxygens (including phenoxy) is 1. The number of methoxy groups -OCH3 is 1. The van der Waals surface area contributed by atoms with E-state index >= 15 is 0 Å². The van der Waals surface area contributed by atoms with E-state index in [1.165, 1.54) is 0 Å². The molecule has 0 spiro atoms. The van der Waals surface area contributed by atoms with Crippen LogP contribution in [0.25, 0.3) is 11.4 Å². The van der Waals surface area contributed by atoms with Crippen molar-refractivity contribution >= 4 is 0 Å².